The van der Waals surface area contributed by atoms with Gasteiger partial charge < -0.3 is 9.66 Å². The Hall–Kier alpha value is 0.440. The molecule has 2 N–H and O–H groups in total. The van der Waals surface area contributed by atoms with E-state index in [1.54, 1.807) is 11.8 Å². The summed E-state index contributed by atoms with van der Waals surface area (Å²) in [5, 5.41) is 10.3. The van der Waals surface area contributed by atoms with Gasteiger partial charge in [0, 0.05) is 22.4 Å². The third kappa shape index (κ3) is 4.29. The molecule has 2 rings (SSSR count). The van der Waals surface area contributed by atoms with Crippen LogP contribution in [-0.2, 0) is 16.2 Å². The lowest BCUT2D eigenvalue weighted by atomic mass is 10.1. The molecule has 1 saturated carbocycles. The van der Waals surface area contributed by atoms with Crippen molar-refractivity contribution in [2.45, 2.75) is 73.5 Å². The molecule has 0 aromatic carbocycles. The second-order valence-corrected chi connectivity index (χ2v) is 12.2. The van der Waals surface area contributed by atoms with Gasteiger partial charge in [-0.1, -0.05) is 19.8 Å². The monoisotopic (exact) mass is 365 g/mol. The summed E-state index contributed by atoms with van der Waals surface area (Å²) in [4.78, 5) is 12.1. The van der Waals surface area contributed by atoms with Gasteiger partial charge in [-0.15, -0.1) is 28.2 Å². The predicted octanol–water partition coefficient (Wildman–Crippen LogP) is 3.25. The van der Waals surface area contributed by atoms with Gasteiger partial charge in [0.25, 0.3) is 0 Å². The van der Waals surface area contributed by atoms with E-state index in [0.717, 1.165) is 18.6 Å². The largest absolute Gasteiger partial charge is 0.598 e. The zero-order valence-corrected chi connectivity index (χ0v) is 16.2. The summed E-state index contributed by atoms with van der Waals surface area (Å²) in [6, 6.07) is -0.246. The van der Waals surface area contributed by atoms with E-state index in [-0.39, 0.29) is 10.8 Å². The molecule has 1 saturated heterocycles. The molecule has 0 amide bonds. The Labute approximate surface area is 145 Å². The summed E-state index contributed by atoms with van der Waals surface area (Å²) >= 11 is 1.84. The van der Waals surface area contributed by atoms with Gasteiger partial charge in [-0.2, -0.15) is 0 Å². The highest BCUT2D eigenvalue weighted by atomic mass is 32.2. The van der Waals surface area contributed by atoms with Crippen LogP contribution in [0, 0.1) is 5.92 Å². The summed E-state index contributed by atoms with van der Waals surface area (Å²) in [7, 11) is 0. The molecule has 1 heterocycles. The van der Waals surface area contributed by atoms with Crippen molar-refractivity contribution >= 4 is 40.9 Å². The first-order valence-corrected chi connectivity index (χ1v) is 10.9. The van der Waals surface area contributed by atoms with Crippen LogP contribution in [0.5, 0.6) is 0 Å². The number of thioether (sulfide) groups is 2. The van der Waals surface area contributed by atoms with Crippen molar-refractivity contribution in [1.29, 1.82) is 0 Å². The first kappa shape index (κ1) is 18.8. The molecule has 0 radical (unpaired) electrons. The molecule has 4 nitrogen and oxygen atoms in total. The fourth-order valence-corrected chi connectivity index (χ4v) is 7.08. The Balaban J connectivity index is 2.19. The van der Waals surface area contributed by atoms with Gasteiger partial charge in [0.2, 0.25) is 0 Å². The van der Waals surface area contributed by atoms with Crippen molar-refractivity contribution in [3.8, 4) is 0 Å². The van der Waals surface area contributed by atoms with E-state index in [9.17, 15) is 14.5 Å². The van der Waals surface area contributed by atoms with Gasteiger partial charge in [0.15, 0.2) is 4.08 Å². The van der Waals surface area contributed by atoms with Gasteiger partial charge in [-0.05, 0) is 39.5 Å². The lowest BCUT2D eigenvalue weighted by Gasteiger charge is -2.35. The number of rotatable bonds is 7. The fourth-order valence-electron chi connectivity index (χ4n) is 2.45. The van der Waals surface area contributed by atoms with Crippen LogP contribution in [0.2, 0.25) is 0 Å². The van der Waals surface area contributed by atoms with Gasteiger partial charge >= 0.3 is 5.97 Å². The van der Waals surface area contributed by atoms with E-state index in [1.807, 2.05) is 20.8 Å². The second kappa shape index (κ2) is 7.13. The highest BCUT2D eigenvalue weighted by Crippen LogP contribution is 2.54. The number of nitrogens with one attached hydrogen (secondary N) is 1. The summed E-state index contributed by atoms with van der Waals surface area (Å²) in [5.74, 6) is 0.674. The minimum atomic E-state index is -1.25. The van der Waals surface area contributed by atoms with Gasteiger partial charge in [0.05, 0.1) is 6.04 Å². The smallest absolute Gasteiger partial charge is 0.331 e. The molecule has 2 unspecified atom stereocenters. The molecule has 2 aliphatic rings. The molecular formula is C15H27NO3S3. The molecule has 1 aliphatic heterocycles. The fraction of sp³-hybridized carbons (Fsp3) is 0.933. The van der Waals surface area contributed by atoms with Crippen molar-refractivity contribution in [3.05, 3.63) is 0 Å². The highest BCUT2D eigenvalue weighted by molar-refractivity contribution is 8.22. The topological polar surface area (TPSA) is 72.4 Å². The predicted molar refractivity (Wildman–Crippen MR) is 96.7 cm³/mol. The average Bonchev–Trinajstić information content (AvgIpc) is 3.12. The molecule has 4 atom stereocenters. The van der Waals surface area contributed by atoms with Crippen molar-refractivity contribution in [1.82, 2.24) is 4.72 Å². The molecule has 0 spiro atoms. The van der Waals surface area contributed by atoms with Gasteiger partial charge in [0.1, 0.15) is 4.75 Å². The zero-order valence-electron chi connectivity index (χ0n) is 13.8. The van der Waals surface area contributed by atoms with Crippen LogP contribution < -0.4 is 4.72 Å². The molecule has 0 bridgehead atoms. The normalized spacial score (nSPS) is 32.0. The Kier molecular flexibility index (Phi) is 6.09. The maximum atomic E-state index is 12.5. The average molecular weight is 366 g/mol. The second-order valence-electron chi connectivity index (χ2n) is 7.16. The molecular weight excluding hydrogens is 338 g/mol. The minimum Gasteiger partial charge on any atom is -0.598 e. The van der Waals surface area contributed by atoms with Crippen LogP contribution in [0.3, 0.4) is 0 Å². The first-order chi connectivity index (χ1) is 10.2. The Bertz CT molecular complexity index is 411. The SMILES string of the molecule is CCC1CS[C@@](C(=O)O)(C(CC2CC2)N[S@@+]([O-])C(C)(C)C)S1. The number of hydrogen-bond donors (Lipinski definition) is 2. The third-order valence-electron chi connectivity index (χ3n) is 4.11. The summed E-state index contributed by atoms with van der Waals surface area (Å²) in [5.41, 5.74) is 0. The lowest BCUT2D eigenvalue weighted by molar-refractivity contribution is -0.137. The van der Waals surface area contributed by atoms with E-state index in [1.165, 1.54) is 24.6 Å². The van der Waals surface area contributed by atoms with Gasteiger partial charge in [-0.3, -0.25) is 0 Å². The number of aliphatic carboxylic acids is 1. The maximum Gasteiger partial charge on any atom is 0.331 e. The van der Waals surface area contributed by atoms with Crippen LogP contribution in [0.15, 0.2) is 0 Å². The quantitative estimate of drug-likeness (QED) is 0.675. The third-order valence-corrected chi connectivity index (χ3v) is 9.67. The number of carboxylic acids is 1. The van der Waals surface area contributed by atoms with Crippen LogP contribution in [0.4, 0.5) is 0 Å². The van der Waals surface area contributed by atoms with E-state index in [4.69, 9.17) is 0 Å². The van der Waals surface area contributed by atoms with Crippen LogP contribution >= 0.6 is 23.5 Å². The lowest BCUT2D eigenvalue weighted by Crippen LogP contribution is -2.55. The van der Waals surface area contributed by atoms with E-state index < -0.39 is 21.4 Å². The summed E-state index contributed by atoms with van der Waals surface area (Å²) in [6.07, 6.45) is 4.13. The molecule has 0 aromatic heterocycles. The van der Waals surface area contributed by atoms with Crippen molar-refractivity contribution in [2.75, 3.05) is 5.75 Å². The number of carbonyl (C=O) groups is 1. The van der Waals surface area contributed by atoms with Crippen molar-refractivity contribution in [2.24, 2.45) is 5.92 Å². The number of hydrogen-bond acceptors (Lipinski definition) is 5. The molecule has 2 fully saturated rings. The molecule has 128 valence electrons. The van der Waals surface area contributed by atoms with Crippen LogP contribution in [0.25, 0.3) is 0 Å². The number of carboxylic acid groups (broad SMARTS) is 1. The Morgan fingerprint density at radius 3 is 2.55 bits per heavy atom. The van der Waals surface area contributed by atoms with Crippen molar-refractivity contribution in [3.63, 3.8) is 0 Å². The van der Waals surface area contributed by atoms with Gasteiger partial charge in [-0.25, -0.2) is 4.79 Å². The van der Waals surface area contributed by atoms with E-state index >= 15 is 0 Å². The van der Waals surface area contributed by atoms with E-state index in [2.05, 4.69) is 11.6 Å². The highest BCUT2D eigenvalue weighted by Gasteiger charge is 2.55. The van der Waals surface area contributed by atoms with Crippen molar-refractivity contribution < 1.29 is 14.5 Å². The molecule has 22 heavy (non-hydrogen) atoms. The Morgan fingerprint density at radius 1 is 1.50 bits per heavy atom. The van der Waals surface area contributed by atoms with Crippen LogP contribution in [-0.4, -0.2) is 41.5 Å². The molecule has 7 heteroatoms. The van der Waals surface area contributed by atoms with E-state index in [0.29, 0.717) is 11.2 Å². The standard InChI is InChI=1S/C15H27NO3S3/c1-5-11-9-20-15(21-11,13(17)18)12(8-10-6-7-10)16-22(19)14(2,3)4/h10-12,16H,5-9H2,1-4H3,(H,17,18)/t11?,12?,15-,22-/m0/s1. The summed E-state index contributed by atoms with van der Waals surface area (Å²) < 4.78 is 14.4. The molecule has 0 aromatic rings. The minimum absolute atomic E-state index is 0.246. The van der Waals surface area contributed by atoms with Crippen LogP contribution in [0.1, 0.15) is 53.4 Å². The summed E-state index contributed by atoms with van der Waals surface area (Å²) in [6.45, 7) is 7.86. The zero-order chi connectivity index (χ0) is 16.5. The first-order valence-electron chi connectivity index (χ1n) is 7.92. The maximum absolute atomic E-state index is 12.5. The Morgan fingerprint density at radius 2 is 2.14 bits per heavy atom. The molecule has 1 aliphatic carbocycles.